The van der Waals surface area contributed by atoms with Crippen molar-refractivity contribution in [3.8, 4) is 0 Å². The first-order valence-electron chi connectivity index (χ1n) is 3.80. The Hall–Kier alpha value is 0.400. The van der Waals surface area contributed by atoms with E-state index >= 15 is 0 Å². The van der Waals surface area contributed by atoms with Crippen molar-refractivity contribution in [3.05, 3.63) is 0 Å². The predicted octanol–water partition coefficient (Wildman–Crippen LogP) is 1.02. The largest absolute Gasteiger partial charge is 0.313 e. The summed E-state index contributed by atoms with van der Waals surface area (Å²) < 4.78 is 0.214. The summed E-state index contributed by atoms with van der Waals surface area (Å²) in [4.78, 5) is 2.36. The smallest absolute Gasteiger partial charge is 0.0888 e. The molecule has 0 radical (unpaired) electrons. The van der Waals surface area contributed by atoms with Crippen molar-refractivity contribution in [2.24, 2.45) is 0 Å². The SMILES string of the molecule is CCC1(Br)CNCCN1C. The molecular weight excluding hydrogens is 192 g/mol. The van der Waals surface area contributed by atoms with Crippen molar-refractivity contribution < 1.29 is 0 Å². The van der Waals surface area contributed by atoms with Gasteiger partial charge in [0.05, 0.1) is 4.45 Å². The van der Waals surface area contributed by atoms with Crippen LogP contribution in [-0.4, -0.2) is 36.0 Å². The molecule has 0 aliphatic carbocycles. The van der Waals surface area contributed by atoms with E-state index in [1.54, 1.807) is 0 Å². The van der Waals surface area contributed by atoms with Crippen molar-refractivity contribution in [1.82, 2.24) is 10.2 Å². The van der Waals surface area contributed by atoms with E-state index in [1.165, 1.54) is 0 Å². The van der Waals surface area contributed by atoms with Crippen LogP contribution in [0, 0.1) is 0 Å². The topological polar surface area (TPSA) is 15.3 Å². The average Bonchev–Trinajstić information content (AvgIpc) is 1.96. The molecule has 1 aliphatic heterocycles. The number of nitrogens with zero attached hydrogens (tertiary/aromatic N) is 1. The van der Waals surface area contributed by atoms with E-state index in [0.717, 1.165) is 26.1 Å². The molecule has 1 heterocycles. The van der Waals surface area contributed by atoms with Crippen molar-refractivity contribution in [1.29, 1.82) is 0 Å². The van der Waals surface area contributed by atoms with Crippen molar-refractivity contribution in [2.45, 2.75) is 17.8 Å². The lowest BCUT2D eigenvalue weighted by Crippen LogP contribution is -2.55. The van der Waals surface area contributed by atoms with Gasteiger partial charge in [0.25, 0.3) is 0 Å². The molecule has 1 N–H and O–H groups in total. The van der Waals surface area contributed by atoms with Gasteiger partial charge >= 0.3 is 0 Å². The molecule has 60 valence electrons. The number of halogens is 1. The van der Waals surface area contributed by atoms with Gasteiger partial charge in [-0.05, 0) is 13.5 Å². The van der Waals surface area contributed by atoms with Gasteiger partial charge in [0.2, 0.25) is 0 Å². The lowest BCUT2D eigenvalue weighted by Gasteiger charge is -2.40. The molecule has 1 unspecified atom stereocenters. The minimum Gasteiger partial charge on any atom is -0.313 e. The molecule has 0 saturated carbocycles. The molecule has 1 aliphatic rings. The van der Waals surface area contributed by atoms with E-state index in [4.69, 9.17) is 0 Å². The fourth-order valence-corrected chi connectivity index (χ4v) is 1.63. The summed E-state index contributed by atoms with van der Waals surface area (Å²) in [5.74, 6) is 0. The normalized spacial score (nSPS) is 36.3. The molecule has 0 bridgehead atoms. The van der Waals surface area contributed by atoms with E-state index in [2.05, 4.69) is 40.1 Å². The Labute approximate surface area is 71.1 Å². The Morgan fingerprint density at radius 1 is 1.70 bits per heavy atom. The van der Waals surface area contributed by atoms with Crippen LogP contribution in [0.5, 0.6) is 0 Å². The highest BCUT2D eigenvalue weighted by molar-refractivity contribution is 9.10. The van der Waals surface area contributed by atoms with Crippen LogP contribution in [0.1, 0.15) is 13.3 Å². The molecule has 1 rings (SSSR count). The molecule has 2 nitrogen and oxygen atoms in total. The van der Waals surface area contributed by atoms with Gasteiger partial charge in [0.15, 0.2) is 0 Å². The number of hydrogen-bond donors (Lipinski definition) is 1. The molecule has 0 aromatic carbocycles. The molecule has 0 amide bonds. The standard InChI is InChI=1S/C7H15BrN2/c1-3-7(8)6-9-4-5-10(7)2/h9H,3-6H2,1-2H3. The van der Waals surface area contributed by atoms with Crippen LogP contribution >= 0.6 is 15.9 Å². The highest BCUT2D eigenvalue weighted by Gasteiger charge is 2.31. The minimum absolute atomic E-state index is 0.214. The lowest BCUT2D eigenvalue weighted by atomic mass is 10.1. The zero-order chi connectivity index (χ0) is 7.61. The maximum atomic E-state index is 3.72. The first kappa shape index (κ1) is 8.50. The fraction of sp³-hybridized carbons (Fsp3) is 1.00. The Morgan fingerprint density at radius 3 is 2.80 bits per heavy atom. The third-order valence-electron chi connectivity index (χ3n) is 2.25. The molecule has 1 saturated heterocycles. The third kappa shape index (κ3) is 1.52. The van der Waals surface area contributed by atoms with Gasteiger partial charge in [0, 0.05) is 19.6 Å². The van der Waals surface area contributed by atoms with E-state index in [9.17, 15) is 0 Å². The van der Waals surface area contributed by atoms with Crippen LogP contribution in [-0.2, 0) is 0 Å². The molecule has 1 atom stereocenters. The summed E-state index contributed by atoms with van der Waals surface area (Å²) in [6.07, 6.45) is 1.15. The number of likely N-dealkylation sites (N-methyl/N-ethyl adjacent to an activating group) is 1. The first-order chi connectivity index (χ1) is 4.69. The van der Waals surface area contributed by atoms with E-state index in [0.29, 0.717) is 0 Å². The molecule has 0 spiro atoms. The summed E-state index contributed by atoms with van der Waals surface area (Å²) in [6, 6.07) is 0. The molecule has 0 aromatic heterocycles. The molecular formula is C7H15BrN2. The van der Waals surface area contributed by atoms with Crippen LogP contribution in [0.3, 0.4) is 0 Å². The zero-order valence-electron chi connectivity index (χ0n) is 6.65. The second kappa shape index (κ2) is 3.20. The summed E-state index contributed by atoms with van der Waals surface area (Å²) in [5, 5.41) is 3.37. The number of nitrogens with one attached hydrogen (secondary N) is 1. The highest BCUT2D eigenvalue weighted by Crippen LogP contribution is 2.26. The predicted molar refractivity (Wildman–Crippen MR) is 47.4 cm³/mol. The molecule has 10 heavy (non-hydrogen) atoms. The van der Waals surface area contributed by atoms with Gasteiger partial charge < -0.3 is 5.32 Å². The highest BCUT2D eigenvalue weighted by atomic mass is 79.9. The summed E-state index contributed by atoms with van der Waals surface area (Å²) >= 11 is 3.72. The number of alkyl halides is 1. The quantitative estimate of drug-likeness (QED) is 0.510. The van der Waals surface area contributed by atoms with Crippen molar-refractivity contribution in [2.75, 3.05) is 26.7 Å². The van der Waals surface area contributed by atoms with Crippen LogP contribution in [0.4, 0.5) is 0 Å². The monoisotopic (exact) mass is 206 g/mol. The van der Waals surface area contributed by atoms with Gasteiger partial charge in [0.1, 0.15) is 0 Å². The summed E-state index contributed by atoms with van der Waals surface area (Å²) in [6.45, 7) is 5.52. The second-order valence-electron chi connectivity index (χ2n) is 2.87. The van der Waals surface area contributed by atoms with Crippen LogP contribution in [0.15, 0.2) is 0 Å². The van der Waals surface area contributed by atoms with Crippen LogP contribution < -0.4 is 5.32 Å². The van der Waals surface area contributed by atoms with E-state index in [1.807, 2.05) is 0 Å². The minimum atomic E-state index is 0.214. The summed E-state index contributed by atoms with van der Waals surface area (Å²) in [5.41, 5.74) is 0. The fourth-order valence-electron chi connectivity index (χ4n) is 1.26. The zero-order valence-corrected chi connectivity index (χ0v) is 8.24. The maximum absolute atomic E-state index is 3.72. The lowest BCUT2D eigenvalue weighted by molar-refractivity contribution is 0.172. The van der Waals surface area contributed by atoms with E-state index < -0.39 is 0 Å². The van der Waals surface area contributed by atoms with Gasteiger partial charge in [-0.25, -0.2) is 0 Å². The molecule has 1 fully saturated rings. The van der Waals surface area contributed by atoms with E-state index in [-0.39, 0.29) is 4.45 Å². The van der Waals surface area contributed by atoms with Gasteiger partial charge in [-0.3, -0.25) is 4.90 Å². The van der Waals surface area contributed by atoms with Gasteiger partial charge in [-0.2, -0.15) is 0 Å². The third-order valence-corrected chi connectivity index (χ3v) is 3.69. The Morgan fingerprint density at radius 2 is 2.40 bits per heavy atom. The summed E-state index contributed by atoms with van der Waals surface area (Å²) in [7, 11) is 2.17. The Balaban J connectivity index is 2.54. The van der Waals surface area contributed by atoms with Crippen LogP contribution in [0.25, 0.3) is 0 Å². The second-order valence-corrected chi connectivity index (χ2v) is 4.35. The van der Waals surface area contributed by atoms with Crippen molar-refractivity contribution >= 4 is 15.9 Å². The average molecular weight is 207 g/mol. The number of piperazine rings is 1. The maximum Gasteiger partial charge on any atom is 0.0888 e. The Kier molecular flexibility index (Phi) is 2.72. The Bertz CT molecular complexity index is 118. The van der Waals surface area contributed by atoms with Crippen molar-refractivity contribution in [3.63, 3.8) is 0 Å². The molecule has 0 aromatic rings. The number of rotatable bonds is 1. The van der Waals surface area contributed by atoms with Crippen LogP contribution in [0.2, 0.25) is 0 Å². The van der Waals surface area contributed by atoms with Gasteiger partial charge in [-0.15, -0.1) is 0 Å². The molecule has 3 heteroatoms. The number of hydrogen-bond acceptors (Lipinski definition) is 2. The van der Waals surface area contributed by atoms with Gasteiger partial charge in [-0.1, -0.05) is 22.9 Å². The first-order valence-corrected chi connectivity index (χ1v) is 4.59.